The molecule has 17 N–H and O–H groups in total. The van der Waals surface area contributed by atoms with Crippen LogP contribution < -0.4 is 61.0 Å². The molecule has 0 bridgehead atoms. The molecular weight excluding hydrogens is 838 g/mol. The van der Waals surface area contributed by atoms with E-state index in [1.54, 1.807) is 54.6 Å². The quantitative estimate of drug-likeness (QED) is 0.0220. The highest BCUT2D eigenvalue weighted by atomic mass is 19.1. The van der Waals surface area contributed by atoms with Crippen LogP contribution in [0.1, 0.15) is 62.6 Å². The molecule has 6 amide bonds. The average molecular weight is 900 g/mol. The van der Waals surface area contributed by atoms with E-state index in [1.807, 2.05) is 19.9 Å². The molecule has 0 aliphatic heterocycles. The predicted molar refractivity (Wildman–Crippen MR) is 248 cm³/mol. The van der Waals surface area contributed by atoms with E-state index >= 15 is 0 Å². The number of hydrogen-bond donors (Lipinski definition) is 11. The lowest BCUT2D eigenvalue weighted by atomic mass is 9.99. The fraction of sp³-hybridized carbons (Fsp3) is 0.378. The van der Waals surface area contributed by atoms with Crippen LogP contribution in [-0.2, 0) is 41.6 Å². The summed E-state index contributed by atoms with van der Waals surface area (Å²) in [4.78, 5) is 89.8. The monoisotopic (exact) mass is 899 g/mol. The van der Waals surface area contributed by atoms with Gasteiger partial charge in [-0.3, -0.25) is 33.8 Å². The molecule has 65 heavy (non-hydrogen) atoms. The molecule has 0 heterocycles. The largest absolute Gasteiger partial charge is 0.370 e. The molecule has 0 unspecified atom stereocenters. The van der Waals surface area contributed by atoms with Gasteiger partial charge in [0.2, 0.25) is 35.4 Å². The summed E-state index contributed by atoms with van der Waals surface area (Å²) in [7, 11) is 0. The molecule has 0 radical (unpaired) electrons. The number of guanidine groups is 2. The minimum atomic E-state index is -1.34. The molecule has 3 rings (SSSR count). The van der Waals surface area contributed by atoms with Gasteiger partial charge in [0.05, 0.1) is 5.69 Å². The molecule has 0 aliphatic rings. The van der Waals surface area contributed by atoms with Gasteiger partial charge in [0.25, 0.3) is 0 Å². The maximum Gasteiger partial charge on any atom is 0.244 e. The zero-order chi connectivity index (χ0) is 47.9. The van der Waals surface area contributed by atoms with Gasteiger partial charge < -0.3 is 61.0 Å². The summed E-state index contributed by atoms with van der Waals surface area (Å²) in [6.45, 7) is 4.02. The van der Waals surface area contributed by atoms with Crippen molar-refractivity contribution in [3.05, 3.63) is 107 Å². The first-order chi connectivity index (χ1) is 30.9. The van der Waals surface area contributed by atoms with Gasteiger partial charge in [0.15, 0.2) is 11.9 Å². The summed E-state index contributed by atoms with van der Waals surface area (Å²) in [5.41, 5.74) is 35.4. The molecule has 350 valence electrons. The molecule has 0 spiro atoms. The summed E-state index contributed by atoms with van der Waals surface area (Å²) in [6.07, 6.45) is 3.60. The first-order valence-corrected chi connectivity index (χ1v) is 21.2. The van der Waals surface area contributed by atoms with Crippen LogP contribution in [0.3, 0.4) is 0 Å². The van der Waals surface area contributed by atoms with E-state index in [0.717, 1.165) is 5.56 Å². The zero-order valence-electron chi connectivity index (χ0n) is 36.7. The SMILES string of the molecule is CC(C)C[C@H](NC(=O)[C@H](Cc1ccc(N=C(N)N)cc1)NC(=O)[C@H](Cc1ccc(F)cc1)NC(=O)C=Cc1ccccc1)C(=O)N[C@@H](CCCN=C(N)N)C(=O)N[C@@H](CCCN)C(N)=O. The fourth-order valence-corrected chi connectivity index (χ4v) is 6.49. The van der Waals surface area contributed by atoms with E-state index in [0.29, 0.717) is 23.2 Å². The number of nitrogens with one attached hydrogen (secondary N) is 5. The van der Waals surface area contributed by atoms with E-state index in [1.165, 1.54) is 30.3 Å². The number of rotatable bonds is 26. The third kappa shape index (κ3) is 19.7. The number of amides is 6. The summed E-state index contributed by atoms with van der Waals surface area (Å²) >= 11 is 0. The standard InChI is InChI=1S/C45H62FN13O6/c1-27(2)24-35(41(63)57-34(11-7-23-53-44(49)50)40(62)56-33(39(48)61)10-6-22-47)58-43(65)37(26-30-14-19-32(20-15-30)54-45(51)52)59-42(64)36(25-29-12-17-31(46)18-13-29)55-38(60)21-16-28-8-4-3-5-9-28/h3-5,8-9,12-21,27,33-37H,6-7,10-11,22-26,47H2,1-2H3,(H2,48,61)(H,55,60)(H,56,62)(H,57,63)(H,58,65)(H,59,64)(H4,49,50,53)(H4,51,52,54)/t33-,34-,35-,36-,37-/m0/s1. The van der Waals surface area contributed by atoms with Crippen LogP contribution in [0.5, 0.6) is 0 Å². The van der Waals surface area contributed by atoms with Crippen molar-refractivity contribution in [1.29, 1.82) is 0 Å². The number of carbonyl (C=O) groups is 6. The average Bonchev–Trinajstić information content (AvgIpc) is 3.25. The maximum absolute atomic E-state index is 14.4. The highest BCUT2D eigenvalue weighted by Crippen LogP contribution is 2.16. The van der Waals surface area contributed by atoms with Gasteiger partial charge in [0.1, 0.15) is 36.0 Å². The smallest absolute Gasteiger partial charge is 0.244 e. The number of benzene rings is 3. The lowest BCUT2D eigenvalue weighted by Gasteiger charge is -2.28. The molecule has 0 aromatic heterocycles. The normalized spacial score (nSPS) is 13.3. The predicted octanol–water partition coefficient (Wildman–Crippen LogP) is -0.0229. The Balaban J connectivity index is 1.97. The van der Waals surface area contributed by atoms with E-state index in [2.05, 4.69) is 36.6 Å². The van der Waals surface area contributed by atoms with Crippen molar-refractivity contribution in [3.63, 3.8) is 0 Å². The Morgan fingerprint density at radius 1 is 0.615 bits per heavy atom. The molecule has 19 nitrogen and oxygen atoms in total. The van der Waals surface area contributed by atoms with Crippen molar-refractivity contribution in [1.82, 2.24) is 26.6 Å². The second-order valence-electron chi connectivity index (χ2n) is 15.7. The van der Waals surface area contributed by atoms with Crippen LogP contribution in [0.15, 0.2) is 94.9 Å². The van der Waals surface area contributed by atoms with Crippen LogP contribution in [0.25, 0.3) is 6.08 Å². The molecule has 5 atom stereocenters. The van der Waals surface area contributed by atoms with Crippen molar-refractivity contribution >= 4 is 59.1 Å². The Kier molecular flexibility index (Phi) is 21.6. The number of halogens is 1. The van der Waals surface area contributed by atoms with Crippen molar-refractivity contribution in [2.75, 3.05) is 13.1 Å². The first kappa shape index (κ1) is 52.0. The van der Waals surface area contributed by atoms with Crippen molar-refractivity contribution in [3.8, 4) is 0 Å². The molecule has 0 fully saturated rings. The molecule has 0 aliphatic carbocycles. The lowest BCUT2D eigenvalue weighted by molar-refractivity contribution is -0.135. The highest BCUT2D eigenvalue weighted by molar-refractivity contribution is 5.98. The molecule has 3 aromatic rings. The Bertz CT molecular complexity index is 2130. The third-order valence-electron chi connectivity index (χ3n) is 9.76. The number of carbonyl (C=O) groups excluding carboxylic acids is 6. The van der Waals surface area contributed by atoms with Gasteiger partial charge in [-0.2, -0.15) is 0 Å². The van der Waals surface area contributed by atoms with Crippen LogP contribution in [-0.4, -0.2) is 90.7 Å². The van der Waals surface area contributed by atoms with Gasteiger partial charge in [-0.05, 0) is 91.6 Å². The van der Waals surface area contributed by atoms with Gasteiger partial charge in [-0.15, -0.1) is 0 Å². The molecule has 3 aromatic carbocycles. The number of nitrogens with two attached hydrogens (primary N) is 6. The first-order valence-electron chi connectivity index (χ1n) is 21.2. The van der Waals surface area contributed by atoms with Crippen LogP contribution in [0.2, 0.25) is 0 Å². The Morgan fingerprint density at radius 3 is 1.68 bits per heavy atom. The van der Waals surface area contributed by atoms with E-state index < -0.39 is 71.5 Å². The van der Waals surface area contributed by atoms with Crippen LogP contribution in [0.4, 0.5) is 10.1 Å². The van der Waals surface area contributed by atoms with E-state index in [-0.39, 0.29) is 69.5 Å². The van der Waals surface area contributed by atoms with E-state index in [4.69, 9.17) is 34.4 Å². The Morgan fingerprint density at radius 2 is 1.12 bits per heavy atom. The fourth-order valence-electron chi connectivity index (χ4n) is 6.49. The molecule has 20 heteroatoms. The maximum atomic E-state index is 14.4. The van der Waals surface area contributed by atoms with Gasteiger partial charge in [0, 0.05) is 25.5 Å². The van der Waals surface area contributed by atoms with Crippen molar-refractivity contribution in [2.45, 2.75) is 89.0 Å². The summed E-state index contributed by atoms with van der Waals surface area (Å²) in [5, 5.41) is 13.5. The molecular formula is C45H62FN13O6. The summed E-state index contributed by atoms with van der Waals surface area (Å²) in [6, 6.07) is 14.8. The van der Waals surface area contributed by atoms with Crippen molar-refractivity contribution < 1.29 is 33.2 Å². The second kappa shape index (κ2) is 27.0. The Labute approximate surface area is 377 Å². The number of hydrogen-bond acceptors (Lipinski definition) is 9. The summed E-state index contributed by atoms with van der Waals surface area (Å²) < 4.78 is 13.9. The number of aliphatic imine (C=N–C) groups is 2. The minimum absolute atomic E-state index is 0.0370. The third-order valence-corrected chi connectivity index (χ3v) is 9.76. The minimum Gasteiger partial charge on any atom is -0.370 e. The molecule has 0 saturated heterocycles. The van der Waals surface area contributed by atoms with E-state index in [9.17, 15) is 33.2 Å². The number of primary amides is 1. The zero-order valence-corrected chi connectivity index (χ0v) is 36.7. The summed E-state index contributed by atoms with van der Waals surface area (Å²) in [5.74, 6) is -5.36. The lowest BCUT2D eigenvalue weighted by Crippen LogP contribution is -2.59. The van der Waals surface area contributed by atoms with Gasteiger partial charge in [-0.1, -0.05) is 68.4 Å². The Hall–Kier alpha value is -7.35. The van der Waals surface area contributed by atoms with Gasteiger partial charge >= 0.3 is 0 Å². The number of nitrogens with zero attached hydrogens (tertiary/aromatic N) is 2. The second-order valence-corrected chi connectivity index (χ2v) is 15.7. The van der Waals surface area contributed by atoms with Crippen LogP contribution >= 0.6 is 0 Å². The topological polar surface area (TPSA) is 343 Å². The van der Waals surface area contributed by atoms with Crippen LogP contribution in [0, 0.1) is 11.7 Å². The van der Waals surface area contributed by atoms with Gasteiger partial charge in [-0.25, -0.2) is 9.38 Å². The van der Waals surface area contributed by atoms with Crippen molar-refractivity contribution in [2.24, 2.45) is 50.3 Å². The highest BCUT2D eigenvalue weighted by Gasteiger charge is 2.33. The molecule has 0 saturated carbocycles.